The summed E-state index contributed by atoms with van der Waals surface area (Å²) in [5.41, 5.74) is 12.7. The van der Waals surface area contributed by atoms with Crippen LogP contribution in [0.2, 0.25) is 0 Å². The number of nitrogens with two attached hydrogens (primary N) is 1. The van der Waals surface area contributed by atoms with Crippen LogP contribution in [0.1, 0.15) is 121 Å². The first-order chi connectivity index (χ1) is 20.2. The van der Waals surface area contributed by atoms with Crippen LogP contribution in [0.3, 0.4) is 0 Å². The highest BCUT2D eigenvalue weighted by molar-refractivity contribution is 5.96. The summed E-state index contributed by atoms with van der Waals surface area (Å²) >= 11 is 0. The molecule has 0 amide bonds. The molecule has 0 spiro atoms. The van der Waals surface area contributed by atoms with E-state index < -0.39 is 0 Å². The van der Waals surface area contributed by atoms with Crippen LogP contribution in [-0.4, -0.2) is 42.4 Å². The van der Waals surface area contributed by atoms with E-state index in [1.807, 2.05) is 26.0 Å². The van der Waals surface area contributed by atoms with Crippen molar-refractivity contribution in [2.75, 3.05) is 26.2 Å². The molecule has 4 N–H and O–H groups in total. The van der Waals surface area contributed by atoms with Crippen molar-refractivity contribution in [2.24, 2.45) is 5.73 Å². The zero-order valence-electron chi connectivity index (χ0n) is 27.6. The second-order valence-electron chi connectivity index (χ2n) is 12.6. The number of nitrogens with zero attached hydrogens (tertiary/aromatic N) is 1. The summed E-state index contributed by atoms with van der Waals surface area (Å²) in [5.74, 6) is 2.76. The van der Waals surface area contributed by atoms with Crippen molar-refractivity contribution >= 4 is 5.78 Å². The quantitative estimate of drug-likeness (QED) is 0.210. The smallest absolute Gasteiger partial charge is 0.162 e. The fourth-order valence-corrected chi connectivity index (χ4v) is 5.56. The van der Waals surface area contributed by atoms with Crippen LogP contribution < -0.4 is 10.5 Å². The number of benzene rings is 2. The molecule has 239 valence electrons. The van der Waals surface area contributed by atoms with Crippen molar-refractivity contribution in [3.8, 4) is 5.75 Å². The summed E-state index contributed by atoms with van der Waals surface area (Å²) in [6, 6.07) is 14.8. The highest BCUT2D eigenvalue weighted by Gasteiger charge is 2.32. The van der Waals surface area contributed by atoms with Gasteiger partial charge in [-0.15, -0.1) is 0 Å². The molecule has 2 aliphatic heterocycles. The number of hydrogen-bond acceptors (Lipinski definition) is 4. The third-order valence-corrected chi connectivity index (χ3v) is 8.16. The van der Waals surface area contributed by atoms with Gasteiger partial charge in [-0.3, -0.25) is 4.79 Å². The van der Waals surface area contributed by atoms with E-state index in [9.17, 15) is 4.79 Å². The van der Waals surface area contributed by atoms with E-state index in [1.165, 1.54) is 73.5 Å². The maximum Gasteiger partial charge on any atom is 0.162 e. The van der Waals surface area contributed by atoms with E-state index in [2.05, 4.69) is 68.7 Å². The number of ether oxygens (including phenoxy) is 1. The van der Waals surface area contributed by atoms with Crippen molar-refractivity contribution in [1.82, 2.24) is 4.90 Å². The van der Waals surface area contributed by atoms with Gasteiger partial charge in [0.25, 0.3) is 0 Å². The molecular formula is C38H59N2O3. The number of unbranched alkanes of at least 4 members (excludes halogenated alkanes) is 2. The molecule has 1 saturated heterocycles. The minimum atomic E-state index is 0. The third kappa shape index (κ3) is 12.0. The molecule has 2 aromatic rings. The molecule has 1 aliphatic carbocycles. The molecular weight excluding hydrogens is 532 g/mol. The number of ketones is 1. The predicted octanol–water partition coefficient (Wildman–Crippen LogP) is 8.40. The first-order valence-corrected chi connectivity index (χ1v) is 16.3. The Morgan fingerprint density at radius 2 is 1.65 bits per heavy atom. The lowest BCUT2D eigenvalue weighted by atomic mass is 9.86. The van der Waals surface area contributed by atoms with Crippen LogP contribution in [0.5, 0.6) is 5.75 Å². The highest BCUT2D eigenvalue weighted by atomic mass is 16.5. The second-order valence-corrected chi connectivity index (χ2v) is 12.6. The van der Waals surface area contributed by atoms with Gasteiger partial charge in [-0.1, -0.05) is 95.7 Å². The molecule has 5 rings (SSSR count). The van der Waals surface area contributed by atoms with Crippen molar-refractivity contribution in [2.45, 2.75) is 104 Å². The first-order valence-electron chi connectivity index (χ1n) is 16.3. The first kappa shape index (κ1) is 36.3. The maximum atomic E-state index is 12.1. The third-order valence-electron chi connectivity index (χ3n) is 8.16. The molecule has 1 radical (unpaired) electrons. The van der Waals surface area contributed by atoms with Crippen LogP contribution in [0.15, 0.2) is 66.4 Å². The normalized spacial score (nSPS) is 15.5. The molecule has 1 fully saturated rings. The Labute approximate surface area is 263 Å². The second kappa shape index (κ2) is 18.0. The SMILES string of the molecule is C1=C2CCOc3cc(CCCN4CCCC4)ccc3[C]12.C=C(N)CCCCCC(=O)c1ccc(C(C)(C)C)cc1.CC.O.[HH]. The molecule has 2 heterocycles. The fourth-order valence-electron chi connectivity index (χ4n) is 5.56. The lowest BCUT2D eigenvalue weighted by molar-refractivity contribution is 0.0979. The summed E-state index contributed by atoms with van der Waals surface area (Å²) in [7, 11) is 0. The van der Waals surface area contributed by atoms with Crippen molar-refractivity contribution in [3.63, 3.8) is 0 Å². The van der Waals surface area contributed by atoms with Gasteiger partial charge in [0.05, 0.1) is 12.5 Å². The number of carbonyl (C=O) groups excluding carboxylic acids is 1. The summed E-state index contributed by atoms with van der Waals surface area (Å²) in [4.78, 5) is 14.7. The van der Waals surface area contributed by atoms with Gasteiger partial charge in [0.1, 0.15) is 5.75 Å². The van der Waals surface area contributed by atoms with Gasteiger partial charge in [-0.25, -0.2) is 0 Å². The minimum Gasteiger partial charge on any atom is -0.493 e. The van der Waals surface area contributed by atoms with Gasteiger partial charge >= 0.3 is 0 Å². The van der Waals surface area contributed by atoms with Gasteiger partial charge in [-0.05, 0) is 87.2 Å². The topological polar surface area (TPSA) is 87.1 Å². The van der Waals surface area contributed by atoms with E-state index in [4.69, 9.17) is 10.5 Å². The number of carbonyl (C=O) groups is 1. The molecule has 43 heavy (non-hydrogen) atoms. The summed E-state index contributed by atoms with van der Waals surface area (Å²) < 4.78 is 5.90. The molecule has 5 heteroatoms. The van der Waals surface area contributed by atoms with Crippen molar-refractivity contribution < 1.29 is 16.4 Å². The van der Waals surface area contributed by atoms with E-state index >= 15 is 0 Å². The van der Waals surface area contributed by atoms with E-state index in [0.717, 1.165) is 55.7 Å². The largest absolute Gasteiger partial charge is 0.493 e. The molecule has 0 saturated carbocycles. The zero-order valence-corrected chi connectivity index (χ0v) is 27.6. The van der Waals surface area contributed by atoms with E-state index in [-0.39, 0.29) is 18.1 Å². The maximum absolute atomic E-state index is 12.1. The highest BCUT2D eigenvalue weighted by Crippen LogP contribution is 2.46. The Balaban J connectivity index is 0.000000399. The number of Topliss-reactive ketones (excluding diaryl/α,β-unsaturated/α-hetero) is 1. The Morgan fingerprint density at radius 3 is 2.30 bits per heavy atom. The van der Waals surface area contributed by atoms with Crippen LogP contribution >= 0.6 is 0 Å². The van der Waals surface area contributed by atoms with Crippen molar-refractivity contribution in [1.29, 1.82) is 0 Å². The van der Waals surface area contributed by atoms with Crippen molar-refractivity contribution in [3.05, 3.63) is 94.6 Å². The van der Waals surface area contributed by atoms with Crippen LogP contribution in [0.25, 0.3) is 0 Å². The Hall–Kier alpha value is -2.89. The Bertz CT molecular complexity index is 1180. The van der Waals surface area contributed by atoms with Crippen LogP contribution in [0, 0.1) is 5.92 Å². The summed E-state index contributed by atoms with van der Waals surface area (Å²) in [6.45, 7) is 18.9. The molecule has 0 unspecified atom stereocenters. The van der Waals surface area contributed by atoms with Gasteiger partial charge in [0.15, 0.2) is 5.78 Å². The Kier molecular flexibility index (Phi) is 15.2. The number of fused-ring (bicyclic) bond motifs is 3. The molecule has 5 nitrogen and oxygen atoms in total. The lowest BCUT2D eigenvalue weighted by Gasteiger charge is -2.18. The molecule has 2 aromatic carbocycles. The predicted molar refractivity (Wildman–Crippen MR) is 184 cm³/mol. The van der Waals surface area contributed by atoms with Crippen LogP contribution in [-0.2, 0) is 11.8 Å². The number of hydrogen-bond donors (Lipinski definition) is 1. The van der Waals surface area contributed by atoms with Gasteiger partial charge in [0.2, 0.25) is 0 Å². The Morgan fingerprint density at radius 1 is 0.977 bits per heavy atom. The number of rotatable bonds is 11. The standard InChI is InChI=1S/C18H22NO.C18H27NO.C2H6.H2O.H2/c1-2-9-19(8-1)10-3-4-14-5-6-16-17-13-15(17)7-11-20-18(16)12-14;1-14(19)8-6-5-7-9-17(20)15-10-12-16(13-11-15)18(2,3)4;1-2;;/h5-6,12-13H,1-4,7-11H2;10-13H,1,5-9,19H2,2-4H3;1-2H3;1H2;1H. The average molecular weight is 592 g/mol. The number of allylic oxidation sites excluding steroid dienone is 2. The lowest BCUT2D eigenvalue weighted by Crippen LogP contribution is -2.20. The van der Waals surface area contributed by atoms with Gasteiger partial charge < -0.3 is 20.8 Å². The average Bonchev–Trinajstić information content (AvgIpc) is 3.59. The zero-order chi connectivity index (χ0) is 30.5. The van der Waals surface area contributed by atoms with Gasteiger partial charge in [0, 0.05) is 31.1 Å². The molecule has 0 aromatic heterocycles. The summed E-state index contributed by atoms with van der Waals surface area (Å²) in [6.07, 6.45) is 13.0. The summed E-state index contributed by atoms with van der Waals surface area (Å²) in [5, 5.41) is 0. The van der Waals surface area contributed by atoms with Gasteiger partial charge in [-0.2, -0.15) is 0 Å². The fraction of sp³-hybridized carbons (Fsp3) is 0.526. The number of likely N-dealkylation sites (tertiary alicyclic amines) is 1. The van der Waals surface area contributed by atoms with E-state index in [1.54, 1.807) is 0 Å². The minimum absolute atomic E-state index is 0. The monoisotopic (exact) mass is 591 g/mol. The molecule has 0 atom stereocenters. The molecule has 3 aliphatic rings. The number of aryl methyl sites for hydroxylation is 1. The van der Waals surface area contributed by atoms with Crippen LogP contribution in [0.4, 0.5) is 0 Å². The molecule has 0 bridgehead atoms. The van der Waals surface area contributed by atoms with E-state index in [0.29, 0.717) is 6.42 Å².